The number of halogens is 2. The van der Waals surface area contributed by atoms with E-state index in [2.05, 4.69) is 38.4 Å². The summed E-state index contributed by atoms with van der Waals surface area (Å²) >= 11 is 7.77. The van der Waals surface area contributed by atoms with E-state index in [-0.39, 0.29) is 30.0 Å². The van der Waals surface area contributed by atoms with Crippen LogP contribution in [-0.4, -0.2) is 27.5 Å². The van der Waals surface area contributed by atoms with Crippen LogP contribution in [0.4, 0.5) is 10.5 Å². The van der Waals surface area contributed by atoms with Crippen molar-refractivity contribution in [3.05, 3.63) is 84.1 Å². The van der Waals surface area contributed by atoms with Gasteiger partial charge in [0.15, 0.2) is 0 Å². The number of nitro groups is 1. The van der Waals surface area contributed by atoms with Crippen molar-refractivity contribution < 1.29 is 19.2 Å². The molecule has 1 heterocycles. The molecular weight excluding hydrogens is 540 g/mol. The summed E-state index contributed by atoms with van der Waals surface area (Å²) in [6, 6.07) is 9.73. The lowest BCUT2D eigenvalue weighted by molar-refractivity contribution is -0.384. The Morgan fingerprint density at radius 3 is 2.53 bits per heavy atom. The van der Waals surface area contributed by atoms with Crippen LogP contribution in [0.3, 0.4) is 0 Å². The number of ether oxygens (including phenoxy) is 1. The molecule has 7 nitrogen and oxygen atoms in total. The highest BCUT2D eigenvalue weighted by Gasteiger charge is 2.34. The summed E-state index contributed by atoms with van der Waals surface area (Å²) in [4.78, 5) is 36.2. The Hall–Kier alpha value is -2.43. The third-order valence-electron chi connectivity index (χ3n) is 4.01. The van der Waals surface area contributed by atoms with E-state index in [1.807, 2.05) is 0 Å². The molecule has 10 heteroatoms. The molecule has 0 unspecified atom stereocenters. The van der Waals surface area contributed by atoms with Crippen molar-refractivity contribution in [1.29, 1.82) is 0 Å². The molecule has 1 aliphatic heterocycles. The van der Waals surface area contributed by atoms with Gasteiger partial charge in [-0.2, -0.15) is 0 Å². The second-order valence-electron chi connectivity index (χ2n) is 6.11. The van der Waals surface area contributed by atoms with Crippen molar-refractivity contribution >= 4 is 66.5 Å². The van der Waals surface area contributed by atoms with Gasteiger partial charge in [0, 0.05) is 18.7 Å². The number of thioether (sulfide) groups is 1. The number of amides is 2. The highest BCUT2D eigenvalue weighted by molar-refractivity contribution is 9.11. The molecule has 0 radical (unpaired) electrons. The monoisotopic (exact) mass is 552 g/mol. The Morgan fingerprint density at radius 2 is 1.90 bits per heavy atom. The number of hydrogen-bond acceptors (Lipinski definition) is 6. The third kappa shape index (κ3) is 5.00. The lowest BCUT2D eigenvalue weighted by Crippen LogP contribution is -2.27. The molecule has 1 saturated heterocycles. The van der Waals surface area contributed by atoms with E-state index < -0.39 is 4.92 Å². The summed E-state index contributed by atoms with van der Waals surface area (Å²) < 4.78 is 7.07. The van der Waals surface area contributed by atoms with Crippen molar-refractivity contribution in [2.45, 2.75) is 6.61 Å². The smallest absolute Gasteiger partial charge is 0.293 e. The number of nitrogens with zero attached hydrogens (tertiary/aromatic N) is 2. The lowest BCUT2D eigenvalue weighted by atomic mass is 10.2. The fraction of sp³-hybridized carbons (Fsp3) is 0.100. The molecule has 0 aliphatic carbocycles. The van der Waals surface area contributed by atoms with E-state index in [1.54, 1.807) is 30.3 Å². The zero-order chi connectivity index (χ0) is 21.8. The van der Waals surface area contributed by atoms with E-state index in [4.69, 9.17) is 4.74 Å². The van der Waals surface area contributed by atoms with Crippen LogP contribution in [0.15, 0.2) is 62.9 Å². The predicted molar refractivity (Wildman–Crippen MR) is 122 cm³/mol. The van der Waals surface area contributed by atoms with E-state index in [0.717, 1.165) is 16.7 Å². The minimum Gasteiger partial charge on any atom is -0.487 e. The molecule has 0 N–H and O–H groups in total. The second-order valence-corrected chi connectivity index (χ2v) is 8.81. The summed E-state index contributed by atoms with van der Waals surface area (Å²) in [5.41, 5.74) is 1.35. The molecule has 0 bridgehead atoms. The number of non-ortho nitro benzene ring substituents is 1. The molecular formula is C20H14Br2N2O5S. The second kappa shape index (κ2) is 9.59. The molecule has 1 fully saturated rings. The van der Waals surface area contributed by atoms with Crippen LogP contribution in [0.25, 0.3) is 6.08 Å². The van der Waals surface area contributed by atoms with Crippen LogP contribution < -0.4 is 4.74 Å². The van der Waals surface area contributed by atoms with Gasteiger partial charge in [0.25, 0.3) is 16.8 Å². The van der Waals surface area contributed by atoms with Gasteiger partial charge in [0.1, 0.15) is 12.4 Å². The first-order valence-electron chi connectivity index (χ1n) is 8.51. The number of rotatable bonds is 7. The van der Waals surface area contributed by atoms with Gasteiger partial charge in [-0.25, -0.2) is 0 Å². The maximum atomic E-state index is 12.4. The molecule has 2 amide bonds. The number of carbonyl (C=O) groups is 2. The van der Waals surface area contributed by atoms with Gasteiger partial charge in [0.05, 0.1) is 18.8 Å². The minimum absolute atomic E-state index is 0.00465. The van der Waals surface area contributed by atoms with Gasteiger partial charge in [0.2, 0.25) is 0 Å². The largest absolute Gasteiger partial charge is 0.487 e. The number of hydrogen-bond donors (Lipinski definition) is 0. The van der Waals surface area contributed by atoms with Gasteiger partial charge in [-0.3, -0.25) is 24.6 Å². The van der Waals surface area contributed by atoms with Crippen LogP contribution in [-0.2, 0) is 11.4 Å². The summed E-state index contributed by atoms with van der Waals surface area (Å²) in [6.45, 7) is 3.86. The maximum absolute atomic E-state index is 12.4. The predicted octanol–water partition coefficient (Wildman–Crippen LogP) is 5.92. The van der Waals surface area contributed by atoms with E-state index in [1.165, 1.54) is 18.2 Å². The number of carbonyl (C=O) groups excluding carboxylic acids is 2. The van der Waals surface area contributed by atoms with Crippen LogP contribution in [0.5, 0.6) is 5.75 Å². The van der Waals surface area contributed by atoms with Gasteiger partial charge in [-0.1, -0.05) is 18.2 Å². The molecule has 3 rings (SSSR count). The summed E-state index contributed by atoms with van der Waals surface area (Å²) in [5, 5.41) is 10.6. The van der Waals surface area contributed by atoms with Crippen molar-refractivity contribution in [3.8, 4) is 5.75 Å². The third-order valence-corrected chi connectivity index (χ3v) is 6.09. The fourth-order valence-electron chi connectivity index (χ4n) is 2.65. The fourth-order valence-corrected chi connectivity index (χ4v) is 4.95. The standard InChI is InChI=1S/C20H14Br2N2O5S/c1-2-6-23-19(25)17(30-20(23)26)10-13-8-15(21)18(16(22)9-13)29-11-12-4-3-5-14(7-12)24(27)28/h2-5,7-10H,1,6,11H2/b17-10+. The van der Waals surface area contributed by atoms with Crippen molar-refractivity contribution in [2.75, 3.05) is 6.54 Å². The Balaban J connectivity index is 1.78. The van der Waals surface area contributed by atoms with Crippen molar-refractivity contribution in [1.82, 2.24) is 4.90 Å². The van der Waals surface area contributed by atoms with Gasteiger partial charge in [-0.15, -0.1) is 6.58 Å². The van der Waals surface area contributed by atoms with Crippen LogP contribution >= 0.6 is 43.6 Å². The Labute approximate surface area is 193 Å². The van der Waals surface area contributed by atoms with Gasteiger partial charge >= 0.3 is 0 Å². The normalized spacial score (nSPS) is 15.0. The van der Waals surface area contributed by atoms with Crippen LogP contribution in [0, 0.1) is 10.1 Å². The number of nitro benzene ring substituents is 1. The molecule has 2 aromatic carbocycles. The SMILES string of the molecule is C=CCN1C(=O)S/C(=C/c2cc(Br)c(OCc3cccc([N+](=O)[O-])c3)c(Br)c2)C1=O. The first kappa shape index (κ1) is 22.3. The minimum atomic E-state index is -0.457. The van der Waals surface area contributed by atoms with E-state index in [0.29, 0.717) is 30.7 Å². The quantitative estimate of drug-likeness (QED) is 0.183. The van der Waals surface area contributed by atoms with Crippen LogP contribution in [0.2, 0.25) is 0 Å². The first-order chi connectivity index (χ1) is 14.3. The maximum Gasteiger partial charge on any atom is 0.293 e. The Kier molecular flexibility index (Phi) is 7.11. The lowest BCUT2D eigenvalue weighted by Gasteiger charge is -2.12. The molecule has 0 aromatic heterocycles. The van der Waals surface area contributed by atoms with Crippen molar-refractivity contribution in [2.24, 2.45) is 0 Å². The molecule has 0 saturated carbocycles. The van der Waals surface area contributed by atoms with Gasteiger partial charge in [-0.05, 0) is 73.0 Å². The molecule has 0 atom stereocenters. The topological polar surface area (TPSA) is 89.8 Å². The molecule has 154 valence electrons. The zero-order valence-electron chi connectivity index (χ0n) is 15.3. The average Bonchev–Trinajstić information content (AvgIpc) is 2.95. The summed E-state index contributed by atoms with van der Waals surface area (Å²) in [5.74, 6) is 0.154. The first-order valence-corrected chi connectivity index (χ1v) is 10.9. The molecule has 0 spiro atoms. The van der Waals surface area contributed by atoms with Gasteiger partial charge < -0.3 is 4.74 Å². The Bertz CT molecular complexity index is 1060. The van der Waals surface area contributed by atoms with E-state index in [9.17, 15) is 19.7 Å². The molecule has 2 aromatic rings. The molecule has 30 heavy (non-hydrogen) atoms. The zero-order valence-corrected chi connectivity index (χ0v) is 19.3. The summed E-state index contributed by atoms with van der Waals surface area (Å²) in [6.07, 6.45) is 3.13. The summed E-state index contributed by atoms with van der Waals surface area (Å²) in [7, 11) is 0. The number of imide groups is 1. The van der Waals surface area contributed by atoms with Crippen molar-refractivity contribution in [3.63, 3.8) is 0 Å². The van der Waals surface area contributed by atoms with Crippen LogP contribution in [0.1, 0.15) is 11.1 Å². The highest BCUT2D eigenvalue weighted by atomic mass is 79.9. The number of benzene rings is 2. The highest BCUT2D eigenvalue weighted by Crippen LogP contribution is 2.38. The molecule has 1 aliphatic rings. The van der Waals surface area contributed by atoms with E-state index >= 15 is 0 Å². The average molecular weight is 554 g/mol. The Morgan fingerprint density at radius 1 is 1.20 bits per heavy atom.